The highest BCUT2D eigenvalue weighted by molar-refractivity contribution is 8.00. The molecule has 128 valence electrons. The summed E-state index contributed by atoms with van der Waals surface area (Å²) < 4.78 is 0. The van der Waals surface area contributed by atoms with Gasteiger partial charge in [0.1, 0.15) is 0 Å². The van der Waals surface area contributed by atoms with Gasteiger partial charge in [0.2, 0.25) is 5.91 Å². The fourth-order valence-corrected chi connectivity index (χ4v) is 3.19. The van der Waals surface area contributed by atoms with Gasteiger partial charge in [-0.2, -0.15) is 0 Å². The number of rotatable bonds is 8. The lowest BCUT2D eigenvalue weighted by atomic mass is 9.96. The van der Waals surface area contributed by atoms with Crippen LogP contribution in [0.25, 0.3) is 0 Å². The second-order valence-corrected chi connectivity index (χ2v) is 7.29. The van der Waals surface area contributed by atoms with Crippen LogP contribution in [0, 0.1) is 5.92 Å². The van der Waals surface area contributed by atoms with Crippen molar-refractivity contribution in [2.75, 3.05) is 18.1 Å². The summed E-state index contributed by atoms with van der Waals surface area (Å²) in [6.45, 7) is 2.43. The van der Waals surface area contributed by atoms with E-state index in [0.717, 1.165) is 12.8 Å². The maximum Gasteiger partial charge on any atom is 0.230 e. The van der Waals surface area contributed by atoms with Crippen molar-refractivity contribution in [2.45, 2.75) is 25.3 Å². The number of halogens is 2. The summed E-state index contributed by atoms with van der Waals surface area (Å²) in [4.78, 5) is 24.0. The Morgan fingerprint density at radius 3 is 2.43 bits per heavy atom. The first kappa shape index (κ1) is 20.3. The standard InChI is InChI=1S/C16H21ClN2O2S.ClH/c1-16(10-18,12-4-5-12)19-15(21)9-22-8-14(20)11-2-6-13(17)7-3-11;/h2-3,6-7,12H,4-5,8-10,18H2,1H3,(H,19,21);1H. The number of ketones is 1. The van der Waals surface area contributed by atoms with Gasteiger partial charge in [0.15, 0.2) is 5.78 Å². The molecule has 1 aromatic rings. The molecule has 1 atom stereocenters. The van der Waals surface area contributed by atoms with E-state index in [-0.39, 0.29) is 41.1 Å². The van der Waals surface area contributed by atoms with Crippen LogP contribution >= 0.6 is 35.8 Å². The molecule has 2 rings (SSSR count). The Kier molecular flexibility index (Phi) is 7.87. The van der Waals surface area contributed by atoms with Gasteiger partial charge in [-0.1, -0.05) is 11.6 Å². The van der Waals surface area contributed by atoms with E-state index in [0.29, 0.717) is 23.0 Å². The number of carbonyl (C=O) groups excluding carboxylic acids is 2. The second-order valence-electron chi connectivity index (χ2n) is 5.87. The molecule has 1 unspecified atom stereocenters. The highest BCUT2D eigenvalue weighted by Crippen LogP contribution is 2.38. The minimum absolute atomic E-state index is 0. The van der Waals surface area contributed by atoms with E-state index in [1.807, 2.05) is 6.92 Å². The minimum Gasteiger partial charge on any atom is -0.349 e. The lowest BCUT2D eigenvalue weighted by Crippen LogP contribution is -2.53. The summed E-state index contributed by atoms with van der Waals surface area (Å²) in [6, 6.07) is 6.77. The molecule has 0 saturated heterocycles. The summed E-state index contributed by atoms with van der Waals surface area (Å²) in [6.07, 6.45) is 2.24. The van der Waals surface area contributed by atoms with Crippen molar-refractivity contribution in [1.29, 1.82) is 0 Å². The molecule has 0 spiro atoms. The molecule has 7 heteroatoms. The van der Waals surface area contributed by atoms with E-state index in [4.69, 9.17) is 17.3 Å². The Bertz CT molecular complexity index is 550. The van der Waals surface area contributed by atoms with Gasteiger partial charge in [-0.15, -0.1) is 24.2 Å². The number of nitrogens with two attached hydrogens (primary N) is 1. The molecule has 0 radical (unpaired) electrons. The zero-order chi connectivity index (χ0) is 16.2. The fraction of sp³-hybridized carbons (Fsp3) is 0.500. The number of hydrogen-bond donors (Lipinski definition) is 2. The molecule has 23 heavy (non-hydrogen) atoms. The molecule has 0 bridgehead atoms. The SMILES string of the molecule is CC(CN)(NC(=O)CSCC(=O)c1ccc(Cl)cc1)C1CC1.Cl. The molecule has 1 fully saturated rings. The Morgan fingerprint density at radius 2 is 1.91 bits per heavy atom. The lowest BCUT2D eigenvalue weighted by molar-refractivity contribution is -0.120. The molecule has 0 heterocycles. The summed E-state index contributed by atoms with van der Waals surface area (Å²) in [5.41, 5.74) is 6.08. The first-order chi connectivity index (χ1) is 10.4. The van der Waals surface area contributed by atoms with Crippen LogP contribution < -0.4 is 11.1 Å². The molecule has 1 aromatic carbocycles. The van der Waals surface area contributed by atoms with Gasteiger partial charge in [-0.3, -0.25) is 9.59 Å². The summed E-state index contributed by atoms with van der Waals surface area (Å²) in [5, 5.41) is 3.61. The number of benzene rings is 1. The Labute approximate surface area is 152 Å². The molecule has 1 aliphatic rings. The largest absolute Gasteiger partial charge is 0.349 e. The molecule has 4 nitrogen and oxygen atoms in total. The van der Waals surface area contributed by atoms with Crippen LogP contribution in [0.15, 0.2) is 24.3 Å². The van der Waals surface area contributed by atoms with Crippen molar-refractivity contribution in [3.8, 4) is 0 Å². The van der Waals surface area contributed by atoms with E-state index in [2.05, 4.69) is 5.32 Å². The van der Waals surface area contributed by atoms with Crippen LogP contribution in [0.2, 0.25) is 5.02 Å². The zero-order valence-corrected chi connectivity index (χ0v) is 15.4. The molecular weight excluding hydrogens is 355 g/mol. The predicted molar refractivity (Wildman–Crippen MR) is 98.7 cm³/mol. The maximum atomic E-state index is 12.0. The van der Waals surface area contributed by atoms with Crippen LogP contribution in [0.5, 0.6) is 0 Å². The number of thioether (sulfide) groups is 1. The fourth-order valence-electron chi connectivity index (χ4n) is 2.35. The quantitative estimate of drug-likeness (QED) is 0.684. The first-order valence-corrected chi connectivity index (χ1v) is 8.85. The van der Waals surface area contributed by atoms with Gasteiger partial charge in [-0.25, -0.2) is 0 Å². The van der Waals surface area contributed by atoms with Crippen molar-refractivity contribution < 1.29 is 9.59 Å². The predicted octanol–water partition coefficient (Wildman–Crippen LogP) is 2.92. The second kappa shape index (κ2) is 8.92. The van der Waals surface area contributed by atoms with Crippen molar-refractivity contribution in [3.05, 3.63) is 34.9 Å². The zero-order valence-electron chi connectivity index (χ0n) is 13.0. The number of Topliss-reactive ketones (excluding diaryl/α,β-unsaturated/α-hetero) is 1. The third kappa shape index (κ3) is 5.99. The molecule has 1 saturated carbocycles. The monoisotopic (exact) mass is 376 g/mol. The summed E-state index contributed by atoms with van der Waals surface area (Å²) in [5.74, 6) is 0.966. The van der Waals surface area contributed by atoms with E-state index in [9.17, 15) is 9.59 Å². The van der Waals surface area contributed by atoms with Gasteiger partial charge >= 0.3 is 0 Å². The Morgan fingerprint density at radius 1 is 1.30 bits per heavy atom. The first-order valence-electron chi connectivity index (χ1n) is 7.32. The molecule has 3 N–H and O–H groups in total. The van der Waals surface area contributed by atoms with E-state index in [1.54, 1.807) is 24.3 Å². The topological polar surface area (TPSA) is 72.2 Å². The van der Waals surface area contributed by atoms with E-state index < -0.39 is 0 Å². The van der Waals surface area contributed by atoms with Gasteiger partial charge in [-0.05, 0) is 49.9 Å². The average Bonchev–Trinajstić information content (AvgIpc) is 3.32. The van der Waals surface area contributed by atoms with Gasteiger partial charge in [0, 0.05) is 17.1 Å². The number of carbonyl (C=O) groups is 2. The smallest absolute Gasteiger partial charge is 0.230 e. The van der Waals surface area contributed by atoms with E-state index >= 15 is 0 Å². The Balaban J connectivity index is 0.00000264. The number of nitrogens with one attached hydrogen (secondary N) is 1. The summed E-state index contributed by atoms with van der Waals surface area (Å²) in [7, 11) is 0. The lowest BCUT2D eigenvalue weighted by Gasteiger charge is -2.29. The van der Waals surface area contributed by atoms with Gasteiger partial charge in [0.25, 0.3) is 0 Å². The highest BCUT2D eigenvalue weighted by atomic mass is 35.5. The third-order valence-corrected chi connectivity index (χ3v) is 5.14. The minimum atomic E-state index is -0.308. The summed E-state index contributed by atoms with van der Waals surface area (Å²) >= 11 is 7.10. The Hall–Kier alpha value is -0.750. The normalized spacial score (nSPS) is 16.1. The van der Waals surface area contributed by atoms with Crippen LogP contribution in [-0.2, 0) is 4.79 Å². The van der Waals surface area contributed by atoms with Gasteiger partial charge in [0.05, 0.1) is 17.0 Å². The van der Waals surface area contributed by atoms with Crippen LogP contribution in [0.3, 0.4) is 0 Å². The number of amides is 1. The highest BCUT2D eigenvalue weighted by Gasteiger charge is 2.41. The number of hydrogen-bond acceptors (Lipinski definition) is 4. The third-order valence-electron chi connectivity index (χ3n) is 3.96. The van der Waals surface area contributed by atoms with Crippen molar-refractivity contribution >= 4 is 47.5 Å². The molecule has 1 aliphatic carbocycles. The van der Waals surface area contributed by atoms with E-state index in [1.165, 1.54) is 11.8 Å². The average molecular weight is 377 g/mol. The molecule has 1 amide bonds. The molecule has 0 aliphatic heterocycles. The van der Waals surface area contributed by atoms with Crippen molar-refractivity contribution in [3.63, 3.8) is 0 Å². The molecule has 0 aromatic heterocycles. The maximum absolute atomic E-state index is 12.0. The van der Waals surface area contributed by atoms with Crippen molar-refractivity contribution in [1.82, 2.24) is 5.32 Å². The van der Waals surface area contributed by atoms with Crippen LogP contribution in [-0.4, -0.2) is 35.3 Å². The van der Waals surface area contributed by atoms with Crippen LogP contribution in [0.4, 0.5) is 0 Å². The molecular formula is C16H22Cl2N2O2S. The van der Waals surface area contributed by atoms with Crippen LogP contribution in [0.1, 0.15) is 30.1 Å². The van der Waals surface area contributed by atoms with Gasteiger partial charge < -0.3 is 11.1 Å². The van der Waals surface area contributed by atoms with Crippen molar-refractivity contribution in [2.24, 2.45) is 11.7 Å².